The van der Waals surface area contributed by atoms with Crippen LogP contribution in [0.2, 0.25) is 10.0 Å². The molecule has 2 N–H and O–H groups in total. The van der Waals surface area contributed by atoms with Crippen LogP contribution in [-0.4, -0.2) is 34.9 Å². The van der Waals surface area contributed by atoms with Gasteiger partial charge in [-0.05, 0) is 29.7 Å². The molecule has 0 aliphatic heterocycles. The molecule has 0 spiro atoms. The van der Waals surface area contributed by atoms with Crippen molar-refractivity contribution in [3.8, 4) is 0 Å². The molecule has 25 heavy (non-hydrogen) atoms. The first-order chi connectivity index (χ1) is 11.8. The van der Waals surface area contributed by atoms with Crippen LogP contribution in [-0.2, 0) is 0 Å². The first-order valence-corrected chi connectivity index (χ1v) is 8.32. The minimum atomic E-state index is -0.373. The third-order valence-electron chi connectivity index (χ3n) is 3.36. The van der Waals surface area contributed by atoms with Crippen LogP contribution in [0, 0.1) is 5.41 Å². The molecule has 0 aliphatic rings. The number of aromatic nitrogens is 2. The largest absolute Gasteiger partial charge is 0.350 e. The standard InChI is InChI=1S/C17H18Cl2N4O2/c1-17(2,9-22-15(24)13-7-11(18)3-5-20-13)10-23-16(25)14-8-12(19)4-6-21-14/h3-8H,9-10H2,1-2H3,(H,22,24)(H,23,25). The third kappa shape index (κ3) is 5.99. The summed E-state index contributed by atoms with van der Waals surface area (Å²) in [7, 11) is 0. The third-order valence-corrected chi connectivity index (χ3v) is 3.83. The topological polar surface area (TPSA) is 84.0 Å². The predicted molar refractivity (Wildman–Crippen MR) is 96.9 cm³/mol. The number of hydrogen-bond donors (Lipinski definition) is 2. The number of carbonyl (C=O) groups is 2. The Kier molecular flexibility index (Phi) is 6.33. The van der Waals surface area contributed by atoms with Crippen molar-refractivity contribution in [2.45, 2.75) is 13.8 Å². The van der Waals surface area contributed by atoms with Crippen molar-refractivity contribution in [2.24, 2.45) is 5.41 Å². The van der Waals surface area contributed by atoms with Crippen LogP contribution in [0.1, 0.15) is 34.8 Å². The van der Waals surface area contributed by atoms with E-state index in [1.165, 1.54) is 24.5 Å². The highest BCUT2D eigenvalue weighted by molar-refractivity contribution is 6.31. The first kappa shape index (κ1) is 19.1. The summed E-state index contributed by atoms with van der Waals surface area (Å²) in [4.78, 5) is 32.1. The fourth-order valence-corrected chi connectivity index (χ4v) is 2.26. The van der Waals surface area contributed by atoms with Crippen molar-refractivity contribution in [3.63, 3.8) is 0 Å². The van der Waals surface area contributed by atoms with Gasteiger partial charge in [0.25, 0.3) is 11.8 Å². The van der Waals surface area contributed by atoms with E-state index in [1.807, 2.05) is 13.8 Å². The Morgan fingerprint density at radius 2 is 1.32 bits per heavy atom. The summed E-state index contributed by atoms with van der Waals surface area (Å²) in [5.74, 6) is -0.642. The molecule has 2 aromatic heterocycles. The van der Waals surface area contributed by atoms with Crippen LogP contribution in [0.4, 0.5) is 0 Å². The monoisotopic (exact) mass is 380 g/mol. The van der Waals surface area contributed by atoms with E-state index in [-0.39, 0.29) is 28.6 Å². The molecule has 8 heteroatoms. The molecule has 2 rings (SSSR count). The summed E-state index contributed by atoms with van der Waals surface area (Å²) in [6.07, 6.45) is 2.95. The van der Waals surface area contributed by atoms with Crippen LogP contribution in [0.5, 0.6) is 0 Å². The van der Waals surface area contributed by atoms with Crippen LogP contribution in [0.3, 0.4) is 0 Å². The van der Waals surface area contributed by atoms with Crippen LogP contribution < -0.4 is 10.6 Å². The molecule has 132 valence electrons. The highest BCUT2D eigenvalue weighted by Crippen LogP contribution is 2.14. The van der Waals surface area contributed by atoms with E-state index in [9.17, 15) is 9.59 Å². The number of carbonyl (C=O) groups excluding carboxylic acids is 2. The zero-order chi connectivity index (χ0) is 18.4. The van der Waals surface area contributed by atoms with Crippen molar-refractivity contribution >= 4 is 35.0 Å². The lowest BCUT2D eigenvalue weighted by molar-refractivity contribution is 0.0914. The number of pyridine rings is 2. The maximum absolute atomic E-state index is 12.1. The van der Waals surface area contributed by atoms with E-state index in [4.69, 9.17) is 23.2 Å². The minimum absolute atomic E-state index is 0.246. The van der Waals surface area contributed by atoms with Crippen LogP contribution >= 0.6 is 23.2 Å². The lowest BCUT2D eigenvalue weighted by Crippen LogP contribution is -2.42. The van der Waals surface area contributed by atoms with E-state index in [2.05, 4.69) is 20.6 Å². The summed E-state index contributed by atoms with van der Waals surface area (Å²) >= 11 is 11.7. The molecule has 0 atom stereocenters. The molecule has 0 aromatic carbocycles. The van der Waals surface area contributed by atoms with Crippen molar-refractivity contribution in [1.82, 2.24) is 20.6 Å². The van der Waals surface area contributed by atoms with E-state index < -0.39 is 0 Å². The Hall–Kier alpha value is -2.18. The second kappa shape index (κ2) is 8.27. The van der Waals surface area contributed by atoms with Gasteiger partial charge in [0.2, 0.25) is 0 Å². The maximum atomic E-state index is 12.1. The summed E-state index contributed by atoms with van der Waals surface area (Å²) in [6, 6.07) is 6.19. The molecule has 0 saturated carbocycles. The minimum Gasteiger partial charge on any atom is -0.350 e. The molecule has 2 amide bonds. The molecular formula is C17H18Cl2N4O2. The Morgan fingerprint density at radius 3 is 1.68 bits per heavy atom. The van der Waals surface area contributed by atoms with Gasteiger partial charge in [0, 0.05) is 35.5 Å². The number of nitrogens with one attached hydrogen (secondary N) is 2. The van der Waals surface area contributed by atoms with Gasteiger partial charge < -0.3 is 10.6 Å². The number of halogens is 2. The zero-order valence-electron chi connectivity index (χ0n) is 13.8. The van der Waals surface area contributed by atoms with Crippen molar-refractivity contribution in [1.29, 1.82) is 0 Å². The number of amides is 2. The zero-order valence-corrected chi connectivity index (χ0v) is 15.4. The highest BCUT2D eigenvalue weighted by atomic mass is 35.5. The Morgan fingerprint density at radius 1 is 0.920 bits per heavy atom. The van der Waals surface area contributed by atoms with Crippen LogP contribution in [0.25, 0.3) is 0 Å². The smallest absolute Gasteiger partial charge is 0.269 e. The number of nitrogens with zero attached hydrogens (tertiary/aromatic N) is 2. The van der Waals surface area contributed by atoms with Gasteiger partial charge in [-0.2, -0.15) is 0 Å². The number of hydrogen-bond acceptors (Lipinski definition) is 4. The average molecular weight is 381 g/mol. The predicted octanol–water partition coefficient (Wildman–Crippen LogP) is 2.97. The summed E-state index contributed by atoms with van der Waals surface area (Å²) < 4.78 is 0. The fourth-order valence-electron chi connectivity index (χ4n) is 1.94. The SMILES string of the molecule is CC(C)(CNC(=O)c1cc(Cl)ccn1)CNC(=O)c1cc(Cl)ccn1. The van der Waals surface area contributed by atoms with E-state index >= 15 is 0 Å². The van der Waals surface area contributed by atoms with Gasteiger partial charge >= 0.3 is 0 Å². The van der Waals surface area contributed by atoms with Gasteiger partial charge in [-0.1, -0.05) is 37.0 Å². The molecule has 0 unspecified atom stereocenters. The summed E-state index contributed by atoms with van der Waals surface area (Å²) in [5, 5.41) is 6.47. The Balaban J connectivity index is 1.87. The second-order valence-corrected chi connectivity index (χ2v) is 7.12. The van der Waals surface area contributed by atoms with E-state index in [0.29, 0.717) is 23.1 Å². The van der Waals surface area contributed by atoms with Crippen molar-refractivity contribution in [3.05, 3.63) is 58.1 Å². The fraction of sp³-hybridized carbons (Fsp3) is 0.294. The van der Waals surface area contributed by atoms with Gasteiger partial charge in [0.15, 0.2) is 0 Å². The summed E-state index contributed by atoms with van der Waals surface area (Å²) in [6.45, 7) is 4.54. The van der Waals surface area contributed by atoms with Gasteiger partial charge in [0.05, 0.1) is 0 Å². The quantitative estimate of drug-likeness (QED) is 0.806. The maximum Gasteiger partial charge on any atom is 0.269 e. The Labute approximate surface area is 156 Å². The summed E-state index contributed by atoms with van der Waals surface area (Å²) in [5.41, 5.74) is 0.119. The average Bonchev–Trinajstić information content (AvgIpc) is 2.58. The molecular weight excluding hydrogens is 363 g/mol. The highest BCUT2D eigenvalue weighted by Gasteiger charge is 2.21. The lowest BCUT2D eigenvalue weighted by atomic mass is 9.93. The van der Waals surface area contributed by atoms with E-state index in [0.717, 1.165) is 0 Å². The van der Waals surface area contributed by atoms with Gasteiger partial charge in [-0.15, -0.1) is 0 Å². The van der Waals surface area contributed by atoms with Crippen molar-refractivity contribution < 1.29 is 9.59 Å². The normalized spacial score (nSPS) is 11.0. The molecule has 0 fully saturated rings. The molecule has 0 aliphatic carbocycles. The van der Waals surface area contributed by atoms with E-state index in [1.54, 1.807) is 12.1 Å². The number of rotatable bonds is 6. The van der Waals surface area contributed by atoms with Crippen molar-refractivity contribution in [2.75, 3.05) is 13.1 Å². The van der Waals surface area contributed by atoms with Gasteiger partial charge in [-0.3, -0.25) is 19.6 Å². The molecule has 6 nitrogen and oxygen atoms in total. The van der Waals surface area contributed by atoms with Gasteiger partial charge in [0.1, 0.15) is 11.4 Å². The molecule has 2 heterocycles. The first-order valence-electron chi connectivity index (χ1n) is 7.56. The lowest BCUT2D eigenvalue weighted by Gasteiger charge is -2.25. The molecule has 0 radical (unpaired) electrons. The second-order valence-electron chi connectivity index (χ2n) is 6.25. The molecule has 0 saturated heterocycles. The Bertz CT molecular complexity index is 717. The molecule has 0 bridgehead atoms. The molecule has 2 aromatic rings. The van der Waals surface area contributed by atoms with Crippen LogP contribution in [0.15, 0.2) is 36.7 Å². The van der Waals surface area contributed by atoms with Gasteiger partial charge in [-0.25, -0.2) is 0 Å².